The first-order valence-corrected chi connectivity index (χ1v) is 8.45. The highest BCUT2D eigenvalue weighted by Crippen LogP contribution is 2.32. The van der Waals surface area contributed by atoms with Crippen LogP contribution >= 0.6 is 27.3 Å². The molecule has 1 nitrogen and oxygen atoms in total. The molecule has 1 atom stereocenters. The molecule has 0 aliphatic carbocycles. The molecule has 1 N–H and O–H groups in total. The van der Waals surface area contributed by atoms with E-state index in [4.69, 9.17) is 0 Å². The monoisotopic (exact) mass is 355 g/mol. The molecule has 0 spiro atoms. The Morgan fingerprint density at radius 3 is 2.70 bits per heavy atom. The van der Waals surface area contributed by atoms with Crippen LogP contribution in [-0.4, -0.2) is 6.54 Å². The van der Waals surface area contributed by atoms with Gasteiger partial charge in [0.15, 0.2) is 0 Å². The fraction of sp³-hybridized carbons (Fsp3) is 0.375. The summed E-state index contributed by atoms with van der Waals surface area (Å²) in [5.41, 5.74) is 2.03. The van der Waals surface area contributed by atoms with E-state index in [1.807, 2.05) is 12.1 Å². The zero-order valence-electron chi connectivity index (χ0n) is 11.7. The number of nitrogens with one attached hydrogen (secondary N) is 1. The summed E-state index contributed by atoms with van der Waals surface area (Å²) in [4.78, 5) is 1.28. The second-order valence-corrected chi connectivity index (χ2v) is 7.50. The molecule has 1 aromatic heterocycles. The summed E-state index contributed by atoms with van der Waals surface area (Å²) in [6.45, 7) is 5.20. The number of hydrogen-bond donors (Lipinski definition) is 1. The topological polar surface area (TPSA) is 12.0 Å². The first-order valence-electron chi connectivity index (χ1n) is 6.84. The quantitative estimate of drug-likeness (QED) is 0.746. The van der Waals surface area contributed by atoms with Crippen LogP contribution in [0.4, 0.5) is 4.39 Å². The van der Waals surface area contributed by atoms with Crippen molar-refractivity contribution in [2.45, 2.75) is 32.7 Å². The molecule has 0 amide bonds. The molecule has 108 valence electrons. The molecule has 0 saturated heterocycles. The molecule has 0 radical (unpaired) electrons. The lowest BCUT2D eigenvalue weighted by atomic mass is 9.99. The van der Waals surface area contributed by atoms with Gasteiger partial charge in [-0.15, -0.1) is 11.3 Å². The number of halogens is 2. The normalized spacial score (nSPS) is 12.6. The predicted octanol–water partition coefficient (Wildman–Crippen LogP) is 5.24. The zero-order valence-corrected chi connectivity index (χ0v) is 14.2. The van der Waals surface area contributed by atoms with Crippen molar-refractivity contribution in [2.75, 3.05) is 6.54 Å². The summed E-state index contributed by atoms with van der Waals surface area (Å²) < 4.78 is 15.0. The third-order valence-corrected chi connectivity index (χ3v) is 4.89. The van der Waals surface area contributed by atoms with Crippen molar-refractivity contribution in [1.29, 1.82) is 0 Å². The van der Waals surface area contributed by atoms with Crippen LogP contribution in [0.25, 0.3) is 0 Å². The Balaban J connectivity index is 2.24. The second kappa shape index (κ2) is 7.34. The van der Waals surface area contributed by atoms with Gasteiger partial charge in [-0.1, -0.05) is 25.1 Å². The van der Waals surface area contributed by atoms with E-state index in [1.54, 1.807) is 17.4 Å². The van der Waals surface area contributed by atoms with Gasteiger partial charge < -0.3 is 5.32 Å². The van der Waals surface area contributed by atoms with Gasteiger partial charge in [0.1, 0.15) is 5.82 Å². The molecule has 0 saturated carbocycles. The first kappa shape index (κ1) is 15.7. The Morgan fingerprint density at radius 2 is 2.10 bits per heavy atom. The standard InChI is InChI=1S/C16H19BrFNS/c1-3-8-19-15(13-10-16(17)20-11(13)2)9-12-6-4-5-7-14(12)18/h4-7,10,15,19H,3,8-9H2,1-2H3. The van der Waals surface area contributed by atoms with E-state index in [9.17, 15) is 4.39 Å². The maximum atomic E-state index is 13.9. The van der Waals surface area contributed by atoms with E-state index >= 15 is 0 Å². The van der Waals surface area contributed by atoms with Crippen molar-refractivity contribution in [1.82, 2.24) is 5.32 Å². The minimum Gasteiger partial charge on any atom is -0.310 e. The summed E-state index contributed by atoms with van der Waals surface area (Å²) in [6, 6.07) is 9.34. The number of hydrogen-bond acceptors (Lipinski definition) is 2. The molecular weight excluding hydrogens is 337 g/mol. The molecule has 20 heavy (non-hydrogen) atoms. The Kier molecular flexibility index (Phi) is 5.75. The van der Waals surface area contributed by atoms with Crippen molar-refractivity contribution >= 4 is 27.3 Å². The predicted molar refractivity (Wildman–Crippen MR) is 87.9 cm³/mol. The summed E-state index contributed by atoms with van der Waals surface area (Å²) in [7, 11) is 0. The van der Waals surface area contributed by atoms with Gasteiger partial charge in [-0.3, -0.25) is 0 Å². The van der Waals surface area contributed by atoms with Crippen LogP contribution in [0.1, 0.15) is 35.4 Å². The van der Waals surface area contributed by atoms with Crippen molar-refractivity contribution in [3.63, 3.8) is 0 Å². The Labute approximate surface area is 132 Å². The number of thiophene rings is 1. The van der Waals surface area contributed by atoms with Crippen LogP contribution < -0.4 is 5.32 Å². The molecule has 2 rings (SSSR count). The van der Waals surface area contributed by atoms with Crippen molar-refractivity contribution in [2.24, 2.45) is 0 Å². The lowest BCUT2D eigenvalue weighted by Gasteiger charge is -2.19. The number of benzene rings is 1. The summed E-state index contributed by atoms with van der Waals surface area (Å²) >= 11 is 5.26. The molecule has 0 aliphatic heterocycles. The molecular formula is C16H19BrFNS. The molecule has 0 bridgehead atoms. The lowest BCUT2D eigenvalue weighted by molar-refractivity contribution is 0.512. The fourth-order valence-electron chi connectivity index (χ4n) is 2.30. The Bertz CT molecular complexity index is 567. The molecule has 2 aromatic rings. The third kappa shape index (κ3) is 3.90. The van der Waals surface area contributed by atoms with Gasteiger partial charge in [0.2, 0.25) is 0 Å². The zero-order chi connectivity index (χ0) is 14.5. The van der Waals surface area contributed by atoms with Crippen LogP contribution in [0.15, 0.2) is 34.1 Å². The van der Waals surface area contributed by atoms with Crippen molar-refractivity contribution in [3.05, 3.63) is 55.9 Å². The van der Waals surface area contributed by atoms with E-state index in [1.165, 1.54) is 16.5 Å². The Morgan fingerprint density at radius 1 is 1.35 bits per heavy atom. The van der Waals surface area contributed by atoms with Gasteiger partial charge in [0, 0.05) is 10.9 Å². The Hall–Kier alpha value is -0.710. The van der Waals surface area contributed by atoms with Crippen LogP contribution in [0, 0.1) is 12.7 Å². The molecule has 0 fully saturated rings. The number of aryl methyl sites for hydroxylation is 1. The maximum absolute atomic E-state index is 13.9. The highest BCUT2D eigenvalue weighted by atomic mass is 79.9. The van der Waals surface area contributed by atoms with Gasteiger partial charge in [-0.05, 0) is 65.5 Å². The maximum Gasteiger partial charge on any atom is 0.126 e. The van der Waals surface area contributed by atoms with E-state index < -0.39 is 0 Å². The van der Waals surface area contributed by atoms with E-state index in [2.05, 4.69) is 41.2 Å². The van der Waals surface area contributed by atoms with Crippen molar-refractivity contribution < 1.29 is 4.39 Å². The van der Waals surface area contributed by atoms with Crippen LogP contribution in [0.2, 0.25) is 0 Å². The molecule has 1 heterocycles. The second-order valence-electron chi connectivity index (χ2n) is 4.86. The van der Waals surface area contributed by atoms with Gasteiger partial charge in [-0.25, -0.2) is 4.39 Å². The van der Waals surface area contributed by atoms with Crippen molar-refractivity contribution in [3.8, 4) is 0 Å². The molecule has 1 aromatic carbocycles. The van der Waals surface area contributed by atoms with Crippen LogP contribution in [0.3, 0.4) is 0 Å². The van der Waals surface area contributed by atoms with Gasteiger partial charge in [0.05, 0.1) is 3.79 Å². The largest absolute Gasteiger partial charge is 0.310 e. The van der Waals surface area contributed by atoms with E-state index in [-0.39, 0.29) is 11.9 Å². The van der Waals surface area contributed by atoms with Crippen LogP contribution in [0.5, 0.6) is 0 Å². The highest BCUT2D eigenvalue weighted by Gasteiger charge is 2.17. The molecule has 1 unspecified atom stereocenters. The van der Waals surface area contributed by atoms with Gasteiger partial charge in [-0.2, -0.15) is 0 Å². The minimum atomic E-state index is -0.122. The third-order valence-electron chi connectivity index (χ3n) is 3.32. The van der Waals surface area contributed by atoms with E-state index in [0.29, 0.717) is 6.42 Å². The van der Waals surface area contributed by atoms with E-state index in [0.717, 1.165) is 22.3 Å². The average molecular weight is 356 g/mol. The average Bonchev–Trinajstić information content (AvgIpc) is 2.75. The summed E-state index contributed by atoms with van der Waals surface area (Å²) in [6.07, 6.45) is 1.74. The smallest absolute Gasteiger partial charge is 0.126 e. The molecule has 4 heteroatoms. The van der Waals surface area contributed by atoms with Crippen LogP contribution in [-0.2, 0) is 6.42 Å². The van der Waals surface area contributed by atoms with Gasteiger partial charge >= 0.3 is 0 Å². The minimum absolute atomic E-state index is 0.122. The SMILES string of the molecule is CCCNC(Cc1ccccc1F)c1cc(Br)sc1C. The van der Waals surface area contributed by atoms with Gasteiger partial charge in [0.25, 0.3) is 0 Å². The number of rotatable bonds is 6. The molecule has 0 aliphatic rings. The fourth-order valence-corrected chi connectivity index (χ4v) is 4.07. The first-order chi connectivity index (χ1) is 9.61. The lowest BCUT2D eigenvalue weighted by Crippen LogP contribution is -2.24. The summed E-state index contributed by atoms with van der Waals surface area (Å²) in [5, 5.41) is 3.53. The highest BCUT2D eigenvalue weighted by molar-refractivity contribution is 9.11. The summed E-state index contributed by atoms with van der Waals surface area (Å²) in [5.74, 6) is -0.122.